The molecule has 3 rings (SSSR count). The normalized spacial score (nSPS) is 19.9. The van der Waals surface area contributed by atoms with Crippen molar-refractivity contribution in [3.05, 3.63) is 59.7 Å². The second-order valence-electron chi connectivity index (χ2n) is 7.90. The number of hydrogen-bond donors (Lipinski definition) is 1. The van der Waals surface area contributed by atoms with Gasteiger partial charge < -0.3 is 10.1 Å². The molecule has 0 radical (unpaired) electrons. The van der Waals surface area contributed by atoms with E-state index >= 15 is 0 Å². The molecular weight excluding hydrogens is 418 g/mol. The first-order chi connectivity index (χ1) is 14.5. The minimum atomic E-state index is -3.67. The Labute approximate surface area is 182 Å². The zero-order chi connectivity index (χ0) is 22.8. The van der Waals surface area contributed by atoms with Crippen LogP contribution >= 0.6 is 0 Å². The average molecular weight is 446 g/mol. The highest BCUT2D eigenvalue weighted by Crippen LogP contribution is 2.32. The molecule has 8 nitrogen and oxygen atoms in total. The van der Waals surface area contributed by atoms with Gasteiger partial charge in [-0.15, -0.1) is 0 Å². The molecule has 2 amide bonds. The van der Waals surface area contributed by atoms with Crippen molar-refractivity contribution >= 4 is 27.5 Å². The summed E-state index contributed by atoms with van der Waals surface area (Å²) in [6.45, 7) is 3.31. The summed E-state index contributed by atoms with van der Waals surface area (Å²) in [6.07, 6.45) is 1.03. The number of aryl methyl sites for hydroxylation is 1. The molecule has 166 valence electrons. The fourth-order valence-corrected chi connectivity index (χ4v) is 4.46. The highest BCUT2D eigenvalue weighted by molar-refractivity contribution is 7.88. The van der Waals surface area contributed by atoms with E-state index in [1.54, 1.807) is 31.2 Å². The molecule has 1 N–H and O–H groups in total. The number of benzene rings is 2. The van der Waals surface area contributed by atoms with Crippen molar-refractivity contribution in [2.45, 2.75) is 25.9 Å². The number of methoxy groups -OCH3 is 1. The SMILES string of the molecule is COc1cccc(N2C(=O)CN(S(C)(=O)=O)CC2(C)C(=O)NCc2ccc(C)cc2)c1. The first-order valence-corrected chi connectivity index (χ1v) is 11.7. The molecule has 0 bridgehead atoms. The molecule has 1 unspecified atom stereocenters. The summed E-state index contributed by atoms with van der Waals surface area (Å²) in [5.74, 6) is -0.409. The van der Waals surface area contributed by atoms with Crippen LogP contribution in [0.4, 0.5) is 5.69 Å². The monoisotopic (exact) mass is 445 g/mol. The molecule has 0 aliphatic carbocycles. The zero-order valence-corrected chi connectivity index (χ0v) is 18.9. The highest BCUT2D eigenvalue weighted by Gasteiger charge is 2.50. The van der Waals surface area contributed by atoms with Crippen LogP contribution in [-0.2, 0) is 26.2 Å². The van der Waals surface area contributed by atoms with Crippen LogP contribution in [0.2, 0.25) is 0 Å². The van der Waals surface area contributed by atoms with Gasteiger partial charge in [-0.1, -0.05) is 35.9 Å². The lowest BCUT2D eigenvalue weighted by molar-refractivity contribution is -0.133. The Morgan fingerprint density at radius 3 is 2.48 bits per heavy atom. The van der Waals surface area contributed by atoms with E-state index in [1.165, 1.54) is 12.0 Å². The molecule has 0 saturated carbocycles. The van der Waals surface area contributed by atoms with Crippen molar-refractivity contribution in [1.29, 1.82) is 0 Å². The van der Waals surface area contributed by atoms with Crippen LogP contribution in [0.25, 0.3) is 0 Å². The molecule has 1 aliphatic rings. The largest absolute Gasteiger partial charge is 0.497 e. The van der Waals surface area contributed by atoms with Crippen LogP contribution in [-0.4, -0.2) is 56.5 Å². The van der Waals surface area contributed by atoms with E-state index in [9.17, 15) is 18.0 Å². The lowest BCUT2D eigenvalue weighted by Crippen LogP contribution is -2.70. The quantitative estimate of drug-likeness (QED) is 0.730. The number of carbonyl (C=O) groups excluding carboxylic acids is 2. The van der Waals surface area contributed by atoms with Crippen LogP contribution in [0, 0.1) is 6.92 Å². The maximum Gasteiger partial charge on any atom is 0.247 e. The van der Waals surface area contributed by atoms with Crippen molar-refractivity contribution in [2.75, 3.05) is 31.4 Å². The third-order valence-electron chi connectivity index (χ3n) is 5.38. The Balaban J connectivity index is 1.96. The molecule has 1 fully saturated rings. The summed E-state index contributed by atoms with van der Waals surface area (Å²) in [7, 11) is -2.16. The summed E-state index contributed by atoms with van der Waals surface area (Å²) in [6, 6.07) is 14.5. The van der Waals surface area contributed by atoms with Crippen LogP contribution in [0.1, 0.15) is 18.1 Å². The summed E-state index contributed by atoms with van der Waals surface area (Å²) in [5.41, 5.74) is 1.02. The minimum absolute atomic E-state index is 0.158. The number of anilines is 1. The van der Waals surface area contributed by atoms with Gasteiger partial charge in [-0.2, -0.15) is 4.31 Å². The van der Waals surface area contributed by atoms with Crippen molar-refractivity contribution in [1.82, 2.24) is 9.62 Å². The third-order valence-corrected chi connectivity index (χ3v) is 6.58. The second-order valence-corrected chi connectivity index (χ2v) is 9.89. The Morgan fingerprint density at radius 2 is 1.87 bits per heavy atom. The predicted octanol–water partition coefficient (Wildman–Crippen LogP) is 1.69. The van der Waals surface area contributed by atoms with E-state index in [1.807, 2.05) is 31.2 Å². The van der Waals surface area contributed by atoms with Crippen molar-refractivity contribution in [3.8, 4) is 5.75 Å². The number of rotatable bonds is 6. The first kappa shape index (κ1) is 22.8. The van der Waals surface area contributed by atoms with Crippen molar-refractivity contribution in [3.63, 3.8) is 0 Å². The van der Waals surface area contributed by atoms with Crippen LogP contribution in [0.5, 0.6) is 5.75 Å². The molecule has 9 heteroatoms. The number of sulfonamides is 1. The van der Waals surface area contributed by atoms with Crippen LogP contribution in [0.15, 0.2) is 48.5 Å². The van der Waals surface area contributed by atoms with Gasteiger partial charge in [-0.3, -0.25) is 14.5 Å². The summed E-state index contributed by atoms with van der Waals surface area (Å²) < 4.78 is 30.7. The molecule has 1 atom stereocenters. The molecule has 31 heavy (non-hydrogen) atoms. The molecule has 0 aromatic heterocycles. The smallest absolute Gasteiger partial charge is 0.247 e. The Hall–Kier alpha value is -2.91. The number of nitrogens with zero attached hydrogens (tertiary/aromatic N) is 2. The summed E-state index contributed by atoms with van der Waals surface area (Å²) >= 11 is 0. The number of carbonyl (C=O) groups is 2. The molecule has 1 saturated heterocycles. The van der Waals surface area contributed by atoms with E-state index in [4.69, 9.17) is 4.74 Å². The van der Waals surface area contributed by atoms with Gasteiger partial charge in [0.05, 0.1) is 19.9 Å². The van der Waals surface area contributed by atoms with Gasteiger partial charge >= 0.3 is 0 Å². The number of nitrogens with one attached hydrogen (secondary N) is 1. The van der Waals surface area contributed by atoms with Crippen molar-refractivity contribution in [2.24, 2.45) is 0 Å². The van der Waals surface area contributed by atoms with Crippen LogP contribution in [0.3, 0.4) is 0 Å². The van der Waals surface area contributed by atoms with Gasteiger partial charge in [-0.05, 0) is 31.5 Å². The number of piperazine rings is 1. The lowest BCUT2D eigenvalue weighted by Gasteiger charge is -2.46. The fraction of sp³-hybridized carbons (Fsp3) is 0.364. The number of ether oxygens (including phenoxy) is 1. The van der Waals surface area contributed by atoms with E-state index in [0.29, 0.717) is 11.4 Å². The topological polar surface area (TPSA) is 96.0 Å². The summed E-state index contributed by atoms with van der Waals surface area (Å²) in [4.78, 5) is 27.8. The third kappa shape index (κ3) is 4.88. The molecule has 1 aliphatic heterocycles. The Kier molecular flexibility index (Phi) is 6.38. The van der Waals surface area contributed by atoms with E-state index in [-0.39, 0.29) is 19.6 Å². The van der Waals surface area contributed by atoms with Gasteiger partial charge in [0.1, 0.15) is 11.3 Å². The van der Waals surface area contributed by atoms with Gasteiger partial charge in [0, 0.05) is 24.8 Å². The highest BCUT2D eigenvalue weighted by atomic mass is 32.2. The Morgan fingerprint density at radius 1 is 1.19 bits per heavy atom. The maximum absolute atomic E-state index is 13.4. The molecule has 1 heterocycles. The molecule has 2 aromatic rings. The standard InChI is InChI=1S/C22H27N3O5S/c1-16-8-10-17(11-9-16)13-23-21(27)22(2)15-24(31(4,28)29)14-20(26)25(22)18-6-5-7-19(12-18)30-3/h5-12H,13-15H2,1-4H3,(H,23,27). The molecule has 2 aromatic carbocycles. The minimum Gasteiger partial charge on any atom is -0.497 e. The average Bonchev–Trinajstić information content (AvgIpc) is 2.72. The van der Waals surface area contributed by atoms with Crippen molar-refractivity contribution < 1.29 is 22.7 Å². The zero-order valence-electron chi connectivity index (χ0n) is 18.1. The van der Waals surface area contributed by atoms with Gasteiger partial charge in [0.2, 0.25) is 21.8 Å². The number of hydrogen-bond acceptors (Lipinski definition) is 5. The first-order valence-electron chi connectivity index (χ1n) is 9.81. The fourth-order valence-electron chi connectivity index (χ4n) is 3.63. The van der Waals surface area contributed by atoms with Crippen LogP contribution < -0.4 is 15.0 Å². The predicted molar refractivity (Wildman–Crippen MR) is 118 cm³/mol. The molecular formula is C22H27N3O5S. The van der Waals surface area contributed by atoms with Gasteiger partial charge in [-0.25, -0.2) is 8.42 Å². The van der Waals surface area contributed by atoms with E-state index < -0.39 is 27.4 Å². The second kappa shape index (κ2) is 8.68. The van der Waals surface area contributed by atoms with Gasteiger partial charge in [0.25, 0.3) is 0 Å². The maximum atomic E-state index is 13.4. The van der Waals surface area contributed by atoms with Gasteiger partial charge in [0.15, 0.2) is 0 Å². The lowest BCUT2D eigenvalue weighted by atomic mass is 9.94. The Bertz CT molecular complexity index is 1080. The van der Waals surface area contributed by atoms with E-state index in [2.05, 4.69) is 5.32 Å². The number of amides is 2. The molecule has 0 spiro atoms. The summed E-state index contributed by atoms with van der Waals surface area (Å²) in [5, 5.41) is 2.86. The van der Waals surface area contributed by atoms with E-state index in [0.717, 1.165) is 21.7 Å².